The number of aromatic nitrogens is 2. The van der Waals surface area contributed by atoms with Gasteiger partial charge in [0.1, 0.15) is 11.3 Å². The third-order valence-electron chi connectivity index (χ3n) is 4.75. The summed E-state index contributed by atoms with van der Waals surface area (Å²) in [6, 6.07) is 10.0. The molecule has 3 aromatic rings. The lowest BCUT2D eigenvalue weighted by atomic mass is 10.2. The monoisotopic (exact) mass is 428 g/mol. The molecule has 4 rings (SSSR count). The van der Waals surface area contributed by atoms with E-state index in [4.69, 9.17) is 0 Å². The SMILES string of the molecule is O=C(c1ccccc1F)N1CCCN(c2ccnc3cc(Br)cnc23)CC1. The molecule has 138 valence electrons. The van der Waals surface area contributed by atoms with Gasteiger partial charge in [-0.3, -0.25) is 14.8 Å². The number of hydrogen-bond donors (Lipinski definition) is 0. The molecule has 1 aromatic carbocycles. The van der Waals surface area contributed by atoms with Crippen LogP contribution in [0, 0.1) is 5.82 Å². The molecule has 27 heavy (non-hydrogen) atoms. The number of fused-ring (bicyclic) bond motifs is 1. The first-order chi connectivity index (χ1) is 13.1. The second kappa shape index (κ2) is 7.60. The first-order valence-electron chi connectivity index (χ1n) is 8.82. The van der Waals surface area contributed by atoms with E-state index in [1.165, 1.54) is 6.07 Å². The Morgan fingerprint density at radius 3 is 2.78 bits per heavy atom. The molecule has 0 unspecified atom stereocenters. The lowest BCUT2D eigenvalue weighted by Crippen LogP contribution is -2.35. The smallest absolute Gasteiger partial charge is 0.256 e. The Labute approximate surface area is 165 Å². The summed E-state index contributed by atoms with van der Waals surface area (Å²) in [6.07, 6.45) is 4.35. The molecule has 1 aliphatic rings. The van der Waals surface area contributed by atoms with Crippen LogP contribution in [0.15, 0.2) is 53.3 Å². The van der Waals surface area contributed by atoms with Crippen LogP contribution in [0.3, 0.4) is 0 Å². The van der Waals surface area contributed by atoms with Gasteiger partial charge in [0.05, 0.1) is 16.8 Å². The Balaban J connectivity index is 1.56. The van der Waals surface area contributed by atoms with Gasteiger partial charge < -0.3 is 9.80 Å². The molecule has 1 aliphatic heterocycles. The van der Waals surface area contributed by atoms with Gasteiger partial charge in [0.25, 0.3) is 5.91 Å². The zero-order valence-electron chi connectivity index (χ0n) is 14.6. The van der Waals surface area contributed by atoms with Gasteiger partial charge in [0, 0.05) is 43.0 Å². The number of carbonyl (C=O) groups excluding carboxylic acids is 1. The summed E-state index contributed by atoms with van der Waals surface area (Å²) in [7, 11) is 0. The van der Waals surface area contributed by atoms with Gasteiger partial charge in [-0.15, -0.1) is 0 Å². The number of pyridine rings is 2. The predicted molar refractivity (Wildman–Crippen MR) is 106 cm³/mol. The van der Waals surface area contributed by atoms with Crippen molar-refractivity contribution in [2.45, 2.75) is 6.42 Å². The lowest BCUT2D eigenvalue weighted by molar-refractivity contribution is 0.0762. The van der Waals surface area contributed by atoms with Crippen LogP contribution in [0.2, 0.25) is 0 Å². The lowest BCUT2D eigenvalue weighted by Gasteiger charge is -2.24. The molecule has 0 bridgehead atoms. The highest BCUT2D eigenvalue weighted by Gasteiger charge is 2.23. The molecule has 0 radical (unpaired) electrons. The third-order valence-corrected chi connectivity index (χ3v) is 5.18. The number of hydrogen-bond acceptors (Lipinski definition) is 4. The first-order valence-corrected chi connectivity index (χ1v) is 9.62. The van der Waals surface area contributed by atoms with E-state index >= 15 is 0 Å². The molecule has 0 N–H and O–H groups in total. The Hall–Kier alpha value is -2.54. The molecule has 7 heteroatoms. The molecule has 5 nitrogen and oxygen atoms in total. The Kier molecular flexibility index (Phi) is 5.03. The van der Waals surface area contributed by atoms with Crippen LogP contribution in [0.5, 0.6) is 0 Å². The van der Waals surface area contributed by atoms with Gasteiger partial charge in [0.15, 0.2) is 0 Å². The summed E-state index contributed by atoms with van der Waals surface area (Å²) in [5, 5.41) is 0. The zero-order valence-corrected chi connectivity index (χ0v) is 16.2. The molecular formula is C20H18BrFN4O. The summed E-state index contributed by atoms with van der Waals surface area (Å²) in [6.45, 7) is 2.61. The molecule has 1 amide bonds. The van der Waals surface area contributed by atoms with Crippen LogP contribution in [-0.2, 0) is 0 Å². The standard InChI is InChI=1S/C20H18BrFN4O/c21-14-12-17-19(24-13-14)18(6-7-23-17)25-8-3-9-26(11-10-25)20(27)15-4-1-2-5-16(15)22/h1-2,4-7,12-13H,3,8-11H2. The van der Waals surface area contributed by atoms with Crippen LogP contribution in [0.1, 0.15) is 16.8 Å². The Morgan fingerprint density at radius 1 is 1.07 bits per heavy atom. The molecule has 0 atom stereocenters. The average molecular weight is 429 g/mol. The molecule has 1 fully saturated rings. The van der Waals surface area contributed by atoms with Crippen molar-refractivity contribution in [2.24, 2.45) is 0 Å². The van der Waals surface area contributed by atoms with Crippen molar-refractivity contribution >= 4 is 38.6 Å². The van der Waals surface area contributed by atoms with E-state index in [-0.39, 0.29) is 11.5 Å². The first kappa shape index (κ1) is 17.9. The van der Waals surface area contributed by atoms with Crippen molar-refractivity contribution in [3.05, 3.63) is 64.6 Å². The summed E-state index contributed by atoms with van der Waals surface area (Å²) in [5.74, 6) is -0.727. The van der Waals surface area contributed by atoms with Gasteiger partial charge in [-0.25, -0.2) is 4.39 Å². The normalized spacial score (nSPS) is 15.0. The number of nitrogens with zero attached hydrogens (tertiary/aromatic N) is 4. The van der Waals surface area contributed by atoms with Crippen molar-refractivity contribution in [1.82, 2.24) is 14.9 Å². The van der Waals surface area contributed by atoms with E-state index in [0.717, 1.165) is 34.2 Å². The Morgan fingerprint density at radius 2 is 1.93 bits per heavy atom. The van der Waals surface area contributed by atoms with E-state index in [1.54, 1.807) is 35.5 Å². The third kappa shape index (κ3) is 3.64. The molecule has 1 saturated heterocycles. The van der Waals surface area contributed by atoms with Crippen molar-refractivity contribution < 1.29 is 9.18 Å². The fourth-order valence-electron chi connectivity index (χ4n) is 3.41. The van der Waals surface area contributed by atoms with Gasteiger partial charge >= 0.3 is 0 Å². The van der Waals surface area contributed by atoms with Crippen LogP contribution >= 0.6 is 15.9 Å². The summed E-state index contributed by atoms with van der Waals surface area (Å²) in [4.78, 5) is 25.6. The second-order valence-corrected chi connectivity index (χ2v) is 7.38. The van der Waals surface area contributed by atoms with Crippen molar-refractivity contribution in [1.29, 1.82) is 0 Å². The maximum atomic E-state index is 14.0. The maximum absolute atomic E-state index is 14.0. The molecule has 2 aromatic heterocycles. The summed E-state index contributed by atoms with van der Waals surface area (Å²) < 4.78 is 14.9. The topological polar surface area (TPSA) is 49.3 Å². The number of rotatable bonds is 2. The van der Waals surface area contributed by atoms with Gasteiger partial charge in [-0.2, -0.15) is 0 Å². The minimum atomic E-state index is -0.474. The van der Waals surface area contributed by atoms with Crippen LogP contribution < -0.4 is 4.90 Å². The number of anilines is 1. The molecule has 0 spiro atoms. The van der Waals surface area contributed by atoms with Crippen molar-refractivity contribution in [3.63, 3.8) is 0 Å². The molecule has 0 aliphatic carbocycles. The number of carbonyl (C=O) groups is 1. The fourth-order valence-corrected chi connectivity index (χ4v) is 3.73. The highest BCUT2D eigenvalue weighted by Crippen LogP contribution is 2.26. The van der Waals surface area contributed by atoms with Crippen LogP contribution in [-0.4, -0.2) is 47.0 Å². The molecule has 3 heterocycles. The number of amides is 1. The van der Waals surface area contributed by atoms with E-state index in [0.29, 0.717) is 19.6 Å². The minimum absolute atomic E-state index is 0.131. The van der Waals surface area contributed by atoms with Crippen LogP contribution in [0.4, 0.5) is 10.1 Å². The quantitative estimate of drug-likeness (QED) is 0.621. The van der Waals surface area contributed by atoms with E-state index in [1.807, 2.05) is 12.1 Å². The number of halogens is 2. The molecule has 0 saturated carbocycles. The van der Waals surface area contributed by atoms with Crippen molar-refractivity contribution in [2.75, 3.05) is 31.1 Å². The summed E-state index contributed by atoms with van der Waals surface area (Å²) in [5.41, 5.74) is 2.81. The van der Waals surface area contributed by atoms with E-state index in [2.05, 4.69) is 30.8 Å². The highest BCUT2D eigenvalue weighted by atomic mass is 79.9. The van der Waals surface area contributed by atoms with Gasteiger partial charge in [-0.1, -0.05) is 12.1 Å². The van der Waals surface area contributed by atoms with E-state index < -0.39 is 5.82 Å². The maximum Gasteiger partial charge on any atom is 0.256 e. The second-order valence-electron chi connectivity index (χ2n) is 6.46. The van der Waals surface area contributed by atoms with E-state index in [9.17, 15) is 9.18 Å². The Bertz CT molecular complexity index is 997. The zero-order chi connectivity index (χ0) is 18.8. The minimum Gasteiger partial charge on any atom is -0.368 e. The average Bonchev–Trinajstić information content (AvgIpc) is 2.93. The summed E-state index contributed by atoms with van der Waals surface area (Å²) >= 11 is 3.43. The predicted octanol–water partition coefficient (Wildman–Crippen LogP) is 3.88. The van der Waals surface area contributed by atoms with Crippen LogP contribution in [0.25, 0.3) is 11.0 Å². The molecular weight excluding hydrogens is 411 g/mol. The van der Waals surface area contributed by atoms with Crippen molar-refractivity contribution in [3.8, 4) is 0 Å². The highest BCUT2D eigenvalue weighted by molar-refractivity contribution is 9.10. The van der Waals surface area contributed by atoms with Gasteiger partial charge in [0.2, 0.25) is 0 Å². The fraction of sp³-hybridized carbons (Fsp3) is 0.250. The van der Waals surface area contributed by atoms with Gasteiger partial charge in [-0.05, 0) is 46.6 Å². The number of benzene rings is 1. The largest absolute Gasteiger partial charge is 0.368 e.